The lowest BCUT2D eigenvalue weighted by molar-refractivity contribution is 0.0571. The average Bonchev–Trinajstić information content (AvgIpc) is 2.63. The SMILES string of the molecule is Fc1ccccc1N1CCN(C[C@H]2COc3ccccc3O2)CC1. The molecule has 0 N–H and O–H groups in total. The Balaban J connectivity index is 1.32. The van der Waals surface area contributed by atoms with Crippen LogP contribution in [0, 0.1) is 5.82 Å². The maximum atomic E-state index is 13.9. The van der Waals surface area contributed by atoms with Crippen molar-refractivity contribution >= 4 is 5.69 Å². The van der Waals surface area contributed by atoms with Crippen LogP contribution in [0.3, 0.4) is 0 Å². The first-order valence-electron chi connectivity index (χ1n) is 8.40. The summed E-state index contributed by atoms with van der Waals surface area (Å²) in [6.45, 7) is 4.85. The van der Waals surface area contributed by atoms with Gasteiger partial charge in [-0.3, -0.25) is 4.90 Å². The molecular weight excluding hydrogens is 307 g/mol. The van der Waals surface area contributed by atoms with Crippen molar-refractivity contribution in [3.05, 3.63) is 54.3 Å². The van der Waals surface area contributed by atoms with Crippen molar-refractivity contribution in [3.63, 3.8) is 0 Å². The van der Waals surface area contributed by atoms with E-state index >= 15 is 0 Å². The lowest BCUT2D eigenvalue weighted by atomic mass is 10.2. The molecule has 2 aromatic carbocycles. The van der Waals surface area contributed by atoms with Gasteiger partial charge in [-0.2, -0.15) is 0 Å². The number of rotatable bonds is 3. The molecule has 1 saturated heterocycles. The second-order valence-electron chi connectivity index (χ2n) is 6.24. The van der Waals surface area contributed by atoms with Gasteiger partial charge in [-0.25, -0.2) is 4.39 Å². The van der Waals surface area contributed by atoms with E-state index in [1.807, 2.05) is 36.4 Å². The second kappa shape index (κ2) is 6.69. The van der Waals surface area contributed by atoms with Crippen molar-refractivity contribution in [1.29, 1.82) is 0 Å². The molecule has 0 amide bonds. The van der Waals surface area contributed by atoms with E-state index in [1.54, 1.807) is 6.07 Å². The number of piperazine rings is 1. The standard InChI is InChI=1S/C19H21FN2O2/c20-16-5-1-2-6-17(16)22-11-9-21(10-12-22)13-15-14-23-18-7-3-4-8-19(18)24-15/h1-8,15H,9-14H2/t15-/m0/s1. The summed E-state index contributed by atoms with van der Waals surface area (Å²) in [6.07, 6.45) is 0.0416. The summed E-state index contributed by atoms with van der Waals surface area (Å²) < 4.78 is 25.7. The summed E-state index contributed by atoms with van der Waals surface area (Å²) in [5, 5.41) is 0. The predicted octanol–water partition coefficient (Wildman–Crippen LogP) is 2.79. The fraction of sp³-hybridized carbons (Fsp3) is 0.368. The molecule has 0 spiro atoms. The van der Waals surface area contributed by atoms with Crippen LogP contribution in [0.25, 0.3) is 0 Å². The highest BCUT2D eigenvalue weighted by atomic mass is 19.1. The van der Waals surface area contributed by atoms with Crippen LogP contribution in [-0.4, -0.2) is 50.3 Å². The smallest absolute Gasteiger partial charge is 0.161 e. The lowest BCUT2D eigenvalue weighted by Gasteiger charge is -2.38. The molecule has 4 rings (SSSR count). The third kappa shape index (κ3) is 3.17. The molecule has 0 bridgehead atoms. The van der Waals surface area contributed by atoms with Crippen LogP contribution in [0.1, 0.15) is 0 Å². The quantitative estimate of drug-likeness (QED) is 0.865. The molecule has 2 aromatic rings. The van der Waals surface area contributed by atoms with Crippen LogP contribution >= 0.6 is 0 Å². The van der Waals surface area contributed by atoms with Crippen molar-refractivity contribution in [1.82, 2.24) is 4.90 Å². The largest absolute Gasteiger partial charge is 0.486 e. The molecule has 0 saturated carbocycles. The molecular formula is C19H21FN2O2. The normalized spacial score (nSPS) is 20.9. The Hall–Kier alpha value is -2.27. The number of ether oxygens (including phenoxy) is 2. The maximum absolute atomic E-state index is 13.9. The Morgan fingerprint density at radius 1 is 0.917 bits per heavy atom. The zero-order valence-electron chi connectivity index (χ0n) is 13.5. The third-order valence-electron chi connectivity index (χ3n) is 4.59. The van der Waals surface area contributed by atoms with Crippen molar-refractivity contribution in [2.75, 3.05) is 44.2 Å². The van der Waals surface area contributed by atoms with Crippen molar-refractivity contribution in [3.8, 4) is 11.5 Å². The number of hydrogen-bond donors (Lipinski definition) is 0. The van der Waals surface area contributed by atoms with Crippen LogP contribution in [0.4, 0.5) is 10.1 Å². The highest BCUT2D eigenvalue weighted by Crippen LogP contribution is 2.31. The minimum Gasteiger partial charge on any atom is -0.486 e. The van der Waals surface area contributed by atoms with Crippen LogP contribution in [0.5, 0.6) is 11.5 Å². The molecule has 0 unspecified atom stereocenters. The zero-order chi connectivity index (χ0) is 16.4. The summed E-state index contributed by atoms with van der Waals surface area (Å²) in [7, 11) is 0. The number of hydrogen-bond acceptors (Lipinski definition) is 4. The summed E-state index contributed by atoms with van der Waals surface area (Å²) in [4.78, 5) is 4.47. The molecule has 0 aliphatic carbocycles. The van der Waals surface area contributed by atoms with E-state index in [9.17, 15) is 4.39 Å². The maximum Gasteiger partial charge on any atom is 0.161 e. The van der Waals surface area contributed by atoms with Gasteiger partial charge in [0.1, 0.15) is 18.5 Å². The summed E-state index contributed by atoms with van der Waals surface area (Å²) in [5.41, 5.74) is 0.698. The fourth-order valence-corrected chi connectivity index (χ4v) is 3.32. The molecule has 4 nitrogen and oxygen atoms in total. The van der Waals surface area contributed by atoms with Gasteiger partial charge in [0.25, 0.3) is 0 Å². The Morgan fingerprint density at radius 2 is 1.62 bits per heavy atom. The van der Waals surface area contributed by atoms with E-state index in [0.29, 0.717) is 12.3 Å². The Bertz CT molecular complexity index is 701. The van der Waals surface area contributed by atoms with Gasteiger partial charge < -0.3 is 14.4 Å². The van der Waals surface area contributed by atoms with E-state index in [2.05, 4.69) is 9.80 Å². The first kappa shape index (κ1) is 15.3. The molecule has 1 fully saturated rings. The molecule has 0 aromatic heterocycles. The Kier molecular flexibility index (Phi) is 4.26. The van der Waals surface area contributed by atoms with Crippen LogP contribution in [0.2, 0.25) is 0 Å². The van der Waals surface area contributed by atoms with Gasteiger partial charge in [-0.1, -0.05) is 24.3 Å². The average molecular weight is 328 g/mol. The van der Waals surface area contributed by atoms with Gasteiger partial charge in [-0.15, -0.1) is 0 Å². The van der Waals surface area contributed by atoms with Gasteiger partial charge >= 0.3 is 0 Å². The van der Waals surface area contributed by atoms with E-state index < -0.39 is 0 Å². The fourth-order valence-electron chi connectivity index (χ4n) is 3.32. The molecule has 2 aliphatic heterocycles. The third-order valence-corrected chi connectivity index (χ3v) is 4.59. The first-order chi connectivity index (χ1) is 11.8. The number of halogens is 1. The lowest BCUT2D eigenvalue weighted by Crippen LogP contribution is -2.50. The number of anilines is 1. The molecule has 126 valence electrons. The Morgan fingerprint density at radius 3 is 2.42 bits per heavy atom. The van der Waals surface area contributed by atoms with Gasteiger partial charge in [0.05, 0.1) is 5.69 Å². The highest BCUT2D eigenvalue weighted by Gasteiger charge is 2.25. The van der Waals surface area contributed by atoms with Gasteiger partial charge in [-0.05, 0) is 24.3 Å². The van der Waals surface area contributed by atoms with E-state index in [0.717, 1.165) is 44.2 Å². The number of nitrogens with zero attached hydrogens (tertiary/aromatic N) is 2. The number of fused-ring (bicyclic) bond motifs is 1. The van der Waals surface area contributed by atoms with E-state index in [4.69, 9.17) is 9.47 Å². The van der Waals surface area contributed by atoms with Gasteiger partial charge in [0.15, 0.2) is 11.5 Å². The van der Waals surface area contributed by atoms with Gasteiger partial charge in [0, 0.05) is 32.7 Å². The van der Waals surface area contributed by atoms with Crippen LogP contribution in [-0.2, 0) is 0 Å². The minimum absolute atomic E-state index is 0.0416. The van der Waals surface area contributed by atoms with Crippen molar-refractivity contribution in [2.24, 2.45) is 0 Å². The molecule has 1 atom stereocenters. The van der Waals surface area contributed by atoms with Crippen LogP contribution in [0.15, 0.2) is 48.5 Å². The predicted molar refractivity (Wildman–Crippen MR) is 91.4 cm³/mol. The molecule has 5 heteroatoms. The second-order valence-corrected chi connectivity index (χ2v) is 6.24. The van der Waals surface area contributed by atoms with E-state index in [1.165, 1.54) is 6.07 Å². The first-order valence-corrected chi connectivity index (χ1v) is 8.40. The summed E-state index contributed by atoms with van der Waals surface area (Å²) in [6, 6.07) is 14.8. The minimum atomic E-state index is -0.147. The molecule has 0 radical (unpaired) electrons. The highest BCUT2D eigenvalue weighted by molar-refractivity contribution is 5.48. The number of benzene rings is 2. The zero-order valence-corrected chi connectivity index (χ0v) is 13.5. The van der Waals surface area contributed by atoms with Crippen molar-refractivity contribution in [2.45, 2.75) is 6.10 Å². The van der Waals surface area contributed by atoms with Crippen molar-refractivity contribution < 1.29 is 13.9 Å². The van der Waals surface area contributed by atoms with Crippen LogP contribution < -0.4 is 14.4 Å². The number of para-hydroxylation sites is 3. The van der Waals surface area contributed by atoms with E-state index in [-0.39, 0.29) is 11.9 Å². The Labute approximate surface area is 141 Å². The summed E-state index contributed by atoms with van der Waals surface area (Å²) in [5.74, 6) is 1.49. The van der Waals surface area contributed by atoms with Gasteiger partial charge in [0.2, 0.25) is 0 Å². The topological polar surface area (TPSA) is 24.9 Å². The summed E-state index contributed by atoms with van der Waals surface area (Å²) >= 11 is 0. The molecule has 2 aliphatic rings. The molecule has 24 heavy (non-hydrogen) atoms. The monoisotopic (exact) mass is 328 g/mol. The molecule has 2 heterocycles.